The van der Waals surface area contributed by atoms with Gasteiger partial charge in [0.1, 0.15) is 11.7 Å². The molecule has 0 aromatic heterocycles. The zero-order chi connectivity index (χ0) is 14.7. The van der Waals surface area contributed by atoms with Crippen LogP contribution in [0.2, 0.25) is 10.0 Å². The lowest BCUT2D eigenvalue weighted by molar-refractivity contribution is 0.0977. The first-order valence-corrected chi connectivity index (χ1v) is 6.43. The van der Waals surface area contributed by atoms with Crippen molar-refractivity contribution >= 4 is 29.0 Å². The molecule has 2 nitrogen and oxygen atoms in total. The largest absolute Gasteiger partial charge is 0.292 e. The van der Waals surface area contributed by atoms with E-state index in [-0.39, 0.29) is 16.1 Å². The van der Waals surface area contributed by atoms with Gasteiger partial charge in [-0.05, 0) is 36.4 Å². The average molecular weight is 308 g/mol. The third kappa shape index (κ3) is 2.82. The van der Waals surface area contributed by atoms with Gasteiger partial charge in [0, 0.05) is 21.2 Å². The van der Waals surface area contributed by atoms with Crippen LogP contribution in [0.5, 0.6) is 0 Å². The van der Waals surface area contributed by atoms with Crippen molar-refractivity contribution < 1.29 is 9.18 Å². The molecule has 2 aromatic carbocycles. The summed E-state index contributed by atoms with van der Waals surface area (Å²) in [6.07, 6.45) is 0. The Hall–Kier alpha value is -1.89. The Balaban J connectivity index is 2.46. The van der Waals surface area contributed by atoms with Crippen LogP contribution in [0.1, 0.15) is 21.8 Å². The molecule has 0 heterocycles. The van der Waals surface area contributed by atoms with Crippen LogP contribution in [0.25, 0.3) is 0 Å². The number of carbonyl (C=O) groups is 1. The minimum absolute atomic E-state index is 0.0545. The third-order valence-corrected chi connectivity index (χ3v) is 3.39. The number of hydrogen-bond donors (Lipinski definition) is 0. The van der Waals surface area contributed by atoms with Crippen LogP contribution in [0, 0.1) is 17.1 Å². The Kier molecular flexibility index (Phi) is 4.39. The summed E-state index contributed by atoms with van der Waals surface area (Å²) in [6, 6.07) is 11.9. The molecule has 100 valence electrons. The molecule has 0 N–H and O–H groups in total. The van der Waals surface area contributed by atoms with Gasteiger partial charge in [-0.25, -0.2) is 4.39 Å². The molecule has 0 radical (unpaired) electrons. The van der Waals surface area contributed by atoms with Crippen molar-refractivity contribution in [3.63, 3.8) is 0 Å². The number of hydrogen-bond acceptors (Lipinski definition) is 2. The summed E-state index contributed by atoms with van der Waals surface area (Å²) < 4.78 is 13.8. The van der Waals surface area contributed by atoms with Gasteiger partial charge in [0.15, 0.2) is 5.78 Å². The fourth-order valence-electron chi connectivity index (χ4n) is 1.82. The predicted octanol–water partition coefficient (Wildman–Crippen LogP) is 4.62. The van der Waals surface area contributed by atoms with Crippen LogP contribution >= 0.6 is 23.2 Å². The summed E-state index contributed by atoms with van der Waals surface area (Å²) in [5.41, 5.74) is 0.178. The van der Waals surface area contributed by atoms with Crippen LogP contribution in [0.3, 0.4) is 0 Å². The van der Waals surface area contributed by atoms with Crippen molar-refractivity contribution in [3.8, 4) is 6.07 Å². The van der Waals surface area contributed by atoms with E-state index in [0.717, 1.165) is 0 Å². The number of Topliss-reactive ketones (excluding diaryl/α,β-unsaturated/α-hetero) is 1. The van der Waals surface area contributed by atoms with Gasteiger partial charge in [-0.1, -0.05) is 29.3 Å². The maximum Gasteiger partial charge on any atom is 0.184 e. The van der Waals surface area contributed by atoms with Gasteiger partial charge in [-0.15, -0.1) is 0 Å². The van der Waals surface area contributed by atoms with Gasteiger partial charge in [-0.2, -0.15) is 5.26 Å². The maximum atomic E-state index is 13.8. The number of ketones is 1. The van der Waals surface area contributed by atoms with Crippen LogP contribution in [0.15, 0.2) is 42.5 Å². The molecule has 20 heavy (non-hydrogen) atoms. The highest BCUT2D eigenvalue weighted by molar-refractivity contribution is 6.32. The minimum atomic E-state index is -1.29. The number of nitriles is 1. The van der Waals surface area contributed by atoms with Crippen molar-refractivity contribution in [2.75, 3.05) is 0 Å². The highest BCUT2D eigenvalue weighted by Gasteiger charge is 2.26. The first-order chi connectivity index (χ1) is 9.54. The maximum absolute atomic E-state index is 13.8. The van der Waals surface area contributed by atoms with E-state index in [1.165, 1.54) is 42.5 Å². The molecule has 0 saturated carbocycles. The predicted molar refractivity (Wildman–Crippen MR) is 75.5 cm³/mol. The summed E-state index contributed by atoms with van der Waals surface area (Å²) in [7, 11) is 0. The quantitative estimate of drug-likeness (QED) is 0.776. The van der Waals surface area contributed by atoms with Gasteiger partial charge < -0.3 is 0 Å². The van der Waals surface area contributed by atoms with Gasteiger partial charge >= 0.3 is 0 Å². The lowest BCUT2D eigenvalue weighted by Crippen LogP contribution is -2.13. The molecule has 0 spiro atoms. The van der Waals surface area contributed by atoms with Crippen molar-refractivity contribution in [2.24, 2.45) is 0 Å². The number of halogens is 3. The van der Waals surface area contributed by atoms with Crippen LogP contribution in [-0.4, -0.2) is 5.78 Å². The van der Waals surface area contributed by atoms with Gasteiger partial charge in [-0.3, -0.25) is 4.79 Å². The van der Waals surface area contributed by atoms with Crippen LogP contribution < -0.4 is 0 Å². The number of benzene rings is 2. The normalized spacial score (nSPS) is 11.7. The second kappa shape index (κ2) is 6.04. The van der Waals surface area contributed by atoms with Gasteiger partial charge in [0.25, 0.3) is 0 Å². The van der Waals surface area contributed by atoms with Crippen molar-refractivity contribution in [2.45, 2.75) is 5.92 Å². The van der Waals surface area contributed by atoms with Crippen LogP contribution in [-0.2, 0) is 0 Å². The number of rotatable bonds is 3. The summed E-state index contributed by atoms with van der Waals surface area (Å²) in [5.74, 6) is -2.48. The summed E-state index contributed by atoms with van der Waals surface area (Å²) in [4.78, 5) is 12.3. The molecule has 5 heteroatoms. The highest BCUT2D eigenvalue weighted by atomic mass is 35.5. The molecule has 2 rings (SSSR count). The molecule has 0 bridgehead atoms. The lowest BCUT2D eigenvalue weighted by atomic mass is 9.91. The first kappa shape index (κ1) is 14.5. The van der Waals surface area contributed by atoms with E-state index >= 15 is 0 Å². The molecular weight excluding hydrogens is 300 g/mol. The summed E-state index contributed by atoms with van der Waals surface area (Å²) in [5, 5.41) is 9.72. The standard InChI is InChI=1S/C15H8Cl2FNO/c16-10-6-4-9(5-7-10)15(20)11(8-19)14-12(17)2-1-3-13(14)18/h1-7,11H. The molecule has 0 saturated heterocycles. The molecule has 0 aliphatic heterocycles. The van der Waals surface area contributed by atoms with Gasteiger partial charge in [0.05, 0.1) is 6.07 Å². The van der Waals surface area contributed by atoms with E-state index in [1.54, 1.807) is 6.07 Å². The Morgan fingerprint density at radius 3 is 2.35 bits per heavy atom. The Bertz CT molecular complexity index is 672. The topological polar surface area (TPSA) is 40.9 Å². The van der Waals surface area contributed by atoms with Crippen molar-refractivity contribution in [1.82, 2.24) is 0 Å². The Morgan fingerprint density at radius 2 is 1.80 bits per heavy atom. The Morgan fingerprint density at radius 1 is 1.15 bits per heavy atom. The molecule has 0 aliphatic rings. The third-order valence-electron chi connectivity index (χ3n) is 2.81. The van der Waals surface area contributed by atoms with Crippen molar-refractivity contribution in [1.29, 1.82) is 5.26 Å². The van der Waals surface area contributed by atoms with Gasteiger partial charge in [0.2, 0.25) is 0 Å². The fourth-order valence-corrected chi connectivity index (χ4v) is 2.22. The second-order valence-corrected chi connectivity index (χ2v) is 4.91. The minimum Gasteiger partial charge on any atom is -0.292 e. The SMILES string of the molecule is N#CC(C(=O)c1ccc(Cl)cc1)c1c(F)cccc1Cl. The fraction of sp³-hybridized carbons (Fsp3) is 0.0667. The molecule has 1 atom stereocenters. The molecule has 0 amide bonds. The summed E-state index contributed by atoms with van der Waals surface area (Å²) in [6.45, 7) is 0. The van der Waals surface area contributed by atoms with Crippen LogP contribution in [0.4, 0.5) is 4.39 Å². The number of carbonyl (C=O) groups excluding carboxylic acids is 1. The van der Waals surface area contributed by atoms with E-state index in [1.807, 2.05) is 0 Å². The highest BCUT2D eigenvalue weighted by Crippen LogP contribution is 2.29. The molecule has 2 aromatic rings. The monoisotopic (exact) mass is 307 g/mol. The number of nitrogens with zero attached hydrogens (tertiary/aromatic N) is 1. The molecule has 0 fully saturated rings. The lowest BCUT2D eigenvalue weighted by Gasteiger charge is -2.11. The zero-order valence-corrected chi connectivity index (χ0v) is 11.6. The Labute approximate surface area is 125 Å². The van der Waals surface area contributed by atoms with E-state index < -0.39 is 17.5 Å². The van der Waals surface area contributed by atoms with E-state index in [0.29, 0.717) is 5.02 Å². The van der Waals surface area contributed by atoms with E-state index in [4.69, 9.17) is 23.2 Å². The zero-order valence-electron chi connectivity index (χ0n) is 10.1. The molecule has 1 unspecified atom stereocenters. The van der Waals surface area contributed by atoms with E-state index in [2.05, 4.69) is 0 Å². The smallest absolute Gasteiger partial charge is 0.184 e. The molecular formula is C15H8Cl2FNO. The molecule has 0 aliphatic carbocycles. The first-order valence-electron chi connectivity index (χ1n) is 5.68. The average Bonchev–Trinajstić information content (AvgIpc) is 2.43. The van der Waals surface area contributed by atoms with E-state index in [9.17, 15) is 14.4 Å². The second-order valence-electron chi connectivity index (χ2n) is 4.07. The van der Waals surface area contributed by atoms with Crippen molar-refractivity contribution in [3.05, 3.63) is 69.5 Å². The summed E-state index contributed by atoms with van der Waals surface area (Å²) >= 11 is 11.6.